The van der Waals surface area contributed by atoms with Gasteiger partial charge in [0.15, 0.2) is 5.78 Å². The van der Waals surface area contributed by atoms with Crippen molar-refractivity contribution in [1.82, 2.24) is 0 Å². The number of carbonyl (C=O) groups excluding carboxylic acids is 1. The van der Waals surface area contributed by atoms with E-state index in [0.717, 1.165) is 5.56 Å². The molecule has 0 aromatic heterocycles. The number of benzene rings is 2. The molecule has 0 heterocycles. The summed E-state index contributed by atoms with van der Waals surface area (Å²) in [5.74, 6) is -0.178. The summed E-state index contributed by atoms with van der Waals surface area (Å²) in [7, 11) is 0. The van der Waals surface area contributed by atoms with Crippen LogP contribution in [0.4, 0.5) is 0 Å². The first-order valence-corrected chi connectivity index (χ1v) is 5.57. The Labute approximate surface area is 101 Å². The van der Waals surface area contributed by atoms with Gasteiger partial charge in [0.2, 0.25) is 0 Å². The number of rotatable bonds is 4. The van der Waals surface area contributed by atoms with Gasteiger partial charge in [-0.15, -0.1) is 0 Å². The first-order valence-electron chi connectivity index (χ1n) is 5.57. The van der Waals surface area contributed by atoms with Gasteiger partial charge in [0.1, 0.15) is 6.10 Å². The molecule has 0 aliphatic rings. The summed E-state index contributed by atoms with van der Waals surface area (Å²) in [4.78, 5) is 11.9. The van der Waals surface area contributed by atoms with Gasteiger partial charge in [-0.2, -0.15) is 0 Å². The molecule has 2 aromatic carbocycles. The highest BCUT2D eigenvalue weighted by Gasteiger charge is 2.16. The highest BCUT2D eigenvalue weighted by Crippen LogP contribution is 2.15. The molecule has 2 aromatic rings. The van der Waals surface area contributed by atoms with Crippen molar-refractivity contribution >= 4 is 5.78 Å². The van der Waals surface area contributed by atoms with E-state index in [9.17, 15) is 9.90 Å². The molecule has 0 spiro atoms. The number of aliphatic hydroxyl groups excluding tert-OH is 1. The molecular weight excluding hydrogens is 212 g/mol. The molecule has 2 rings (SSSR count). The zero-order valence-electron chi connectivity index (χ0n) is 9.41. The molecule has 1 N–H and O–H groups in total. The van der Waals surface area contributed by atoms with Gasteiger partial charge in [-0.05, 0) is 11.1 Å². The van der Waals surface area contributed by atoms with Gasteiger partial charge in [0, 0.05) is 6.42 Å². The van der Waals surface area contributed by atoms with Crippen LogP contribution in [0.3, 0.4) is 0 Å². The first-order chi connectivity index (χ1) is 8.27. The van der Waals surface area contributed by atoms with E-state index in [0.29, 0.717) is 5.56 Å². The second-order valence-corrected chi connectivity index (χ2v) is 3.94. The summed E-state index contributed by atoms with van der Waals surface area (Å²) >= 11 is 0. The van der Waals surface area contributed by atoms with Crippen molar-refractivity contribution in [2.75, 3.05) is 0 Å². The van der Waals surface area contributed by atoms with Crippen LogP contribution in [-0.4, -0.2) is 10.9 Å². The smallest absolute Gasteiger partial charge is 0.170 e. The molecule has 17 heavy (non-hydrogen) atoms. The van der Waals surface area contributed by atoms with E-state index in [1.54, 1.807) is 12.1 Å². The Morgan fingerprint density at radius 3 is 2.06 bits per heavy atom. The summed E-state index contributed by atoms with van der Waals surface area (Å²) in [6, 6.07) is 18.4. The average Bonchev–Trinajstić information content (AvgIpc) is 2.40. The van der Waals surface area contributed by atoms with Gasteiger partial charge in [0.05, 0.1) is 0 Å². The third-order valence-electron chi connectivity index (χ3n) is 2.64. The lowest BCUT2D eigenvalue weighted by Gasteiger charge is -2.09. The molecule has 0 saturated carbocycles. The third kappa shape index (κ3) is 3.02. The van der Waals surface area contributed by atoms with Gasteiger partial charge in [0.25, 0.3) is 0 Å². The molecule has 0 radical (unpaired) electrons. The maximum Gasteiger partial charge on any atom is 0.170 e. The highest BCUT2D eigenvalue weighted by atomic mass is 16.3. The minimum absolute atomic E-state index is 0.178. The zero-order chi connectivity index (χ0) is 12.1. The van der Waals surface area contributed by atoms with E-state index >= 15 is 0 Å². The molecule has 0 saturated heterocycles. The van der Waals surface area contributed by atoms with E-state index in [1.807, 2.05) is 48.5 Å². The maximum absolute atomic E-state index is 11.9. The van der Waals surface area contributed by atoms with Crippen molar-refractivity contribution in [1.29, 1.82) is 0 Å². The molecule has 0 aliphatic heterocycles. The van der Waals surface area contributed by atoms with Crippen LogP contribution in [-0.2, 0) is 11.2 Å². The van der Waals surface area contributed by atoms with Crippen LogP contribution in [0, 0.1) is 0 Å². The van der Waals surface area contributed by atoms with E-state index < -0.39 is 6.10 Å². The number of Topliss-reactive ketones (excluding diaryl/α,β-unsaturated/α-hetero) is 1. The van der Waals surface area contributed by atoms with Crippen molar-refractivity contribution < 1.29 is 9.90 Å². The molecule has 0 aliphatic carbocycles. The summed E-state index contributed by atoms with van der Waals surface area (Å²) in [6.45, 7) is 0. The Hall–Kier alpha value is -1.93. The Balaban J connectivity index is 2.06. The van der Waals surface area contributed by atoms with E-state index in [4.69, 9.17) is 0 Å². The summed E-state index contributed by atoms with van der Waals surface area (Å²) < 4.78 is 0. The fraction of sp³-hybridized carbons (Fsp3) is 0.133. The summed E-state index contributed by atoms with van der Waals surface area (Å²) in [6.07, 6.45) is -0.770. The standard InChI is InChI=1S/C15H14O2/c16-14(11-12-7-3-1-4-8-12)15(17)13-9-5-2-6-10-13/h1-10,15,17H,11H2. The molecule has 1 atom stereocenters. The first kappa shape index (κ1) is 11.6. The van der Waals surface area contributed by atoms with Gasteiger partial charge < -0.3 is 5.11 Å². The van der Waals surface area contributed by atoms with Crippen molar-refractivity contribution in [3.8, 4) is 0 Å². The molecular formula is C15H14O2. The zero-order valence-corrected chi connectivity index (χ0v) is 9.41. The minimum Gasteiger partial charge on any atom is -0.381 e. The normalized spacial score (nSPS) is 12.1. The van der Waals surface area contributed by atoms with E-state index in [2.05, 4.69) is 0 Å². The number of aliphatic hydroxyl groups is 1. The average molecular weight is 226 g/mol. The van der Waals surface area contributed by atoms with Crippen LogP contribution < -0.4 is 0 Å². The Kier molecular flexibility index (Phi) is 3.68. The highest BCUT2D eigenvalue weighted by molar-refractivity contribution is 5.86. The van der Waals surface area contributed by atoms with Crippen molar-refractivity contribution in [2.45, 2.75) is 12.5 Å². The summed E-state index contributed by atoms with van der Waals surface area (Å²) in [5, 5.41) is 9.90. The van der Waals surface area contributed by atoms with Crippen LogP contribution in [0.25, 0.3) is 0 Å². The number of carbonyl (C=O) groups is 1. The quantitative estimate of drug-likeness (QED) is 0.869. The van der Waals surface area contributed by atoms with Crippen LogP contribution in [0.5, 0.6) is 0 Å². The molecule has 0 bridgehead atoms. The Morgan fingerprint density at radius 1 is 0.941 bits per heavy atom. The van der Waals surface area contributed by atoms with Gasteiger partial charge in [-0.1, -0.05) is 60.7 Å². The molecule has 2 nitrogen and oxygen atoms in total. The third-order valence-corrected chi connectivity index (χ3v) is 2.64. The van der Waals surface area contributed by atoms with Gasteiger partial charge >= 0.3 is 0 Å². The lowest BCUT2D eigenvalue weighted by molar-refractivity contribution is -0.126. The van der Waals surface area contributed by atoms with Crippen LogP contribution in [0.2, 0.25) is 0 Å². The second-order valence-electron chi connectivity index (χ2n) is 3.94. The van der Waals surface area contributed by atoms with Crippen molar-refractivity contribution in [3.63, 3.8) is 0 Å². The van der Waals surface area contributed by atoms with Crippen LogP contribution >= 0.6 is 0 Å². The number of hydrogen-bond acceptors (Lipinski definition) is 2. The number of ketones is 1. The monoisotopic (exact) mass is 226 g/mol. The molecule has 2 heteroatoms. The predicted molar refractivity (Wildman–Crippen MR) is 66.6 cm³/mol. The summed E-state index contributed by atoms with van der Waals surface area (Å²) in [5.41, 5.74) is 1.57. The van der Waals surface area contributed by atoms with Gasteiger partial charge in [-0.25, -0.2) is 0 Å². The van der Waals surface area contributed by atoms with E-state index in [1.165, 1.54) is 0 Å². The largest absolute Gasteiger partial charge is 0.381 e. The van der Waals surface area contributed by atoms with Crippen molar-refractivity contribution in [3.05, 3.63) is 71.8 Å². The van der Waals surface area contributed by atoms with Gasteiger partial charge in [-0.3, -0.25) is 4.79 Å². The maximum atomic E-state index is 11.9. The topological polar surface area (TPSA) is 37.3 Å². The minimum atomic E-state index is -1.03. The lowest BCUT2D eigenvalue weighted by atomic mass is 10.0. The fourth-order valence-electron chi connectivity index (χ4n) is 1.71. The number of hydrogen-bond donors (Lipinski definition) is 1. The predicted octanol–water partition coefficient (Wildman–Crippen LogP) is 2.53. The molecule has 1 unspecified atom stereocenters. The van der Waals surface area contributed by atoms with Crippen LogP contribution in [0.1, 0.15) is 17.2 Å². The lowest BCUT2D eigenvalue weighted by Crippen LogP contribution is -2.14. The van der Waals surface area contributed by atoms with Crippen molar-refractivity contribution in [2.24, 2.45) is 0 Å². The molecule has 0 fully saturated rings. The SMILES string of the molecule is O=C(Cc1ccccc1)C(O)c1ccccc1. The second kappa shape index (κ2) is 5.41. The van der Waals surface area contributed by atoms with Crippen LogP contribution in [0.15, 0.2) is 60.7 Å². The van der Waals surface area contributed by atoms with E-state index in [-0.39, 0.29) is 12.2 Å². The Morgan fingerprint density at radius 2 is 1.47 bits per heavy atom. The fourth-order valence-corrected chi connectivity index (χ4v) is 1.71. The molecule has 86 valence electrons. The molecule has 0 amide bonds. The Bertz CT molecular complexity index is 477.